The van der Waals surface area contributed by atoms with E-state index in [9.17, 15) is 9.59 Å². The smallest absolute Gasteiger partial charge is 0.343 e. The first-order chi connectivity index (χ1) is 14.5. The number of ether oxygens (including phenoxy) is 3. The first kappa shape index (κ1) is 20.9. The van der Waals surface area contributed by atoms with Crippen LogP contribution in [0.1, 0.15) is 31.8 Å². The number of carbonyl (C=O) groups excluding carboxylic acids is 2. The first-order valence-electron chi connectivity index (χ1n) is 9.34. The lowest BCUT2D eigenvalue weighted by Gasteiger charge is -2.09. The molecule has 0 aliphatic carbocycles. The molecular weight excluding hydrogens is 380 g/mol. The van der Waals surface area contributed by atoms with E-state index < -0.39 is 5.97 Å². The summed E-state index contributed by atoms with van der Waals surface area (Å²) in [6.07, 6.45) is 3.04. The van der Waals surface area contributed by atoms with E-state index in [4.69, 9.17) is 14.2 Å². The molecule has 0 fully saturated rings. The molecule has 0 radical (unpaired) electrons. The highest BCUT2D eigenvalue weighted by atomic mass is 16.5. The first-order valence-corrected chi connectivity index (χ1v) is 9.34. The Bertz CT molecular complexity index is 1100. The maximum absolute atomic E-state index is 12.7. The minimum Gasteiger partial charge on any atom is -0.497 e. The monoisotopic (exact) mass is 402 g/mol. The van der Waals surface area contributed by atoms with Crippen LogP contribution in [-0.4, -0.2) is 26.0 Å². The van der Waals surface area contributed by atoms with Crippen molar-refractivity contribution in [1.82, 2.24) is 0 Å². The van der Waals surface area contributed by atoms with E-state index in [-0.39, 0.29) is 5.78 Å². The molecule has 0 atom stereocenters. The van der Waals surface area contributed by atoms with Crippen molar-refractivity contribution in [1.29, 1.82) is 0 Å². The van der Waals surface area contributed by atoms with Crippen LogP contribution >= 0.6 is 0 Å². The van der Waals surface area contributed by atoms with Gasteiger partial charge < -0.3 is 14.2 Å². The van der Waals surface area contributed by atoms with E-state index in [0.717, 1.165) is 5.56 Å². The van der Waals surface area contributed by atoms with Gasteiger partial charge in [0.25, 0.3) is 0 Å². The molecule has 0 saturated heterocycles. The number of rotatable bonds is 7. The molecule has 152 valence electrons. The highest BCUT2D eigenvalue weighted by Gasteiger charge is 2.14. The summed E-state index contributed by atoms with van der Waals surface area (Å²) >= 11 is 0. The molecule has 0 heterocycles. The third kappa shape index (κ3) is 4.75. The van der Waals surface area contributed by atoms with Gasteiger partial charge in [-0.1, -0.05) is 36.4 Å². The van der Waals surface area contributed by atoms with Crippen LogP contribution in [0.3, 0.4) is 0 Å². The average Bonchev–Trinajstić information content (AvgIpc) is 2.78. The average molecular weight is 402 g/mol. The summed E-state index contributed by atoms with van der Waals surface area (Å²) in [5, 5.41) is 0. The molecule has 3 aromatic rings. The van der Waals surface area contributed by atoms with Gasteiger partial charge in [0.15, 0.2) is 5.78 Å². The summed E-state index contributed by atoms with van der Waals surface area (Å²) in [4.78, 5) is 25.2. The van der Waals surface area contributed by atoms with E-state index in [0.29, 0.717) is 33.9 Å². The number of carbonyl (C=O) groups is 2. The Morgan fingerprint density at radius 1 is 0.800 bits per heavy atom. The number of esters is 1. The van der Waals surface area contributed by atoms with Crippen LogP contribution < -0.4 is 14.2 Å². The molecule has 0 N–H and O–H groups in total. The van der Waals surface area contributed by atoms with Crippen LogP contribution in [0.5, 0.6) is 17.2 Å². The Morgan fingerprint density at radius 2 is 1.53 bits per heavy atom. The second-order valence-corrected chi connectivity index (χ2v) is 6.51. The minimum atomic E-state index is -0.447. The van der Waals surface area contributed by atoms with E-state index in [1.807, 2.05) is 25.1 Å². The Balaban J connectivity index is 1.83. The highest BCUT2D eigenvalue weighted by molar-refractivity contribution is 6.09. The van der Waals surface area contributed by atoms with Crippen molar-refractivity contribution in [3.05, 3.63) is 95.1 Å². The van der Waals surface area contributed by atoms with Gasteiger partial charge in [0.1, 0.15) is 17.2 Å². The lowest BCUT2D eigenvalue weighted by Crippen LogP contribution is -2.10. The number of para-hydroxylation sites is 1. The van der Waals surface area contributed by atoms with Gasteiger partial charge in [0, 0.05) is 11.6 Å². The number of methoxy groups -OCH3 is 2. The van der Waals surface area contributed by atoms with Gasteiger partial charge in [-0.2, -0.15) is 0 Å². The number of benzene rings is 3. The predicted octanol–water partition coefficient (Wildman–Crippen LogP) is 5.13. The Labute approximate surface area is 175 Å². The predicted molar refractivity (Wildman–Crippen MR) is 115 cm³/mol. The minimum absolute atomic E-state index is 0.241. The molecular formula is C25H22O5. The molecule has 0 saturated carbocycles. The molecule has 0 spiro atoms. The zero-order valence-electron chi connectivity index (χ0n) is 17.0. The highest BCUT2D eigenvalue weighted by Crippen LogP contribution is 2.26. The van der Waals surface area contributed by atoms with Crippen molar-refractivity contribution in [3.63, 3.8) is 0 Å². The Hall–Kier alpha value is -3.86. The largest absolute Gasteiger partial charge is 0.497 e. The molecule has 3 aromatic carbocycles. The molecule has 5 heteroatoms. The van der Waals surface area contributed by atoms with Gasteiger partial charge in [-0.05, 0) is 48.9 Å². The second kappa shape index (κ2) is 9.56. The molecule has 30 heavy (non-hydrogen) atoms. The fraction of sp³-hybridized carbons (Fsp3) is 0.120. The van der Waals surface area contributed by atoms with Crippen LogP contribution in [0.4, 0.5) is 0 Å². The lowest BCUT2D eigenvalue weighted by atomic mass is 10.1. The third-order valence-electron chi connectivity index (χ3n) is 4.58. The second-order valence-electron chi connectivity index (χ2n) is 6.51. The number of hydrogen-bond acceptors (Lipinski definition) is 5. The molecule has 0 aromatic heterocycles. The zero-order chi connectivity index (χ0) is 21.5. The van der Waals surface area contributed by atoms with E-state index >= 15 is 0 Å². The van der Waals surface area contributed by atoms with Crippen LogP contribution in [0.2, 0.25) is 0 Å². The topological polar surface area (TPSA) is 61.8 Å². The molecule has 5 nitrogen and oxygen atoms in total. The quantitative estimate of drug-likeness (QED) is 0.237. The van der Waals surface area contributed by atoms with Crippen molar-refractivity contribution in [2.45, 2.75) is 6.92 Å². The summed E-state index contributed by atoms with van der Waals surface area (Å²) in [5.74, 6) is 0.701. The number of allylic oxidation sites excluding steroid dienone is 1. The SMILES string of the molecule is COc1ccc(C(=O)/C=C/c2ccccc2OC(=O)c2ccccc2C)c(OC)c1. The number of aryl methyl sites for hydroxylation is 1. The van der Waals surface area contributed by atoms with Gasteiger partial charge in [-0.15, -0.1) is 0 Å². The van der Waals surface area contributed by atoms with Crippen LogP contribution in [0.25, 0.3) is 6.08 Å². The standard InChI is InChI=1S/C25H22O5/c1-17-8-4-6-10-20(17)25(27)30-23-11-7-5-9-18(23)12-15-22(26)21-14-13-19(28-2)16-24(21)29-3/h4-16H,1-3H3/b15-12+. The van der Waals surface area contributed by atoms with Crippen LogP contribution in [0, 0.1) is 6.92 Å². The fourth-order valence-electron chi connectivity index (χ4n) is 2.93. The third-order valence-corrected chi connectivity index (χ3v) is 4.58. The van der Waals surface area contributed by atoms with Crippen molar-refractivity contribution in [3.8, 4) is 17.2 Å². The molecule has 0 unspecified atom stereocenters. The normalized spacial score (nSPS) is 10.6. The van der Waals surface area contributed by atoms with Gasteiger partial charge in [0.05, 0.1) is 25.3 Å². The summed E-state index contributed by atoms with van der Waals surface area (Å²) in [7, 11) is 3.04. The number of hydrogen-bond donors (Lipinski definition) is 0. The Kier molecular flexibility index (Phi) is 6.65. The van der Waals surface area contributed by atoms with Crippen molar-refractivity contribution in [2.75, 3.05) is 14.2 Å². The zero-order valence-corrected chi connectivity index (χ0v) is 17.0. The Morgan fingerprint density at radius 3 is 2.27 bits per heavy atom. The number of ketones is 1. The van der Waals surface area contributed by atoms with Gasteiger partial charge in [-0.25, -0.2) is 4.79 Å². The van der Waals surface area contributed by atoms with Crippen molar-refractivity contribution >= 4 is 17.8 Å². The summed E-state index contributed by atoms with van der Waals surface area (Å²) in [5.41, 5.74) is 2.34. The summed E-state index contributed by atoms with van der Waals surface area (Å²) in [6, 6.07) is 19.3. The maximum atomic E-state index is 12.7. The van der Waals surface area contributed by atoms with Gasteiger partial charge in [0.2, 0.25) is 0 Å². The summed E-state index contributed by atoms with van der Waals surface area (Å²) < 4.78 is 16.0. The van der Waals surface area contributed by atoms with Gasteiger partial charge >= 0.3 is 5.97 Å². The molecule has 0 amide bonds. The van der Waals surface area contributed by atoms with E-state index in [2.05, 4.69) is 0 Å². The molecule has 0 bridgehead atoms. The molecule has 3 rings (SSSR count). The maximum Gasteiger partial charge on any atom is 0.343 e. The van der Waals surface area contributed by atoms with E-state index in [1.165, 1.54) is 13.2 Å². The van der Waals surface area contributed by atoms with Crippen LogP contribution in [0.15, 0.2) is 72.8 Å². The van der Waals surface area contributed by atoms with E-state index in [1.54, 1.807) is 61.7 Å². The lowest BCUT2D eigenvalue weighted by molar-refractivity contribution is 0.0733. The molecule has 0 aliphatic heterocycles. The fourth-order valence-corrected chi connectivity index (χ4v) is 2.93. The van der Waals surface area contributed by atoms with Crippen molar-refractivity contribution in [2.24, 2.45) is 0 Å². The van der Waals surface area contributed by atoms with Gasteiger partial charge in [-0.3, -0.25) is 4.79 Å². The van der Waals surface area contributed by atoms with Crippen molar-refractivity contribution < 1.29 is 23.8 Å². The van der Waals surface area contributed by atoms with Crippen LogP contribution in [-0.2, 0) is 0 Å². The molecule has 0 aliphatic rings. The summed E-state index contributed by atoms with van der Waals surface area (Å²) in [6.45, 7) is 1.85.